The van der Waals surface area contributed by atoms with Crippen LogP contribution in [0.3, 0.4) is 0 Å². The van der Waals surface area contributed by atoms with Gasteiger partial charge in [-0.15, -0.1) is 0 Å². The maximum Gasteiger partial charge on any atom is 0.168 e. The zero-order valence-electron chi connectivity index (χ0n) is 12.8. The normalized spacial score (nSPS) is 22.4. The molecule has 0 bridgehead atoms. The lowest BCUT2D eigenvalue weighted by molar-refractivity contribution is 0.0495. The molecule has 4 nitrogen and oxygen atoms in total. The van der Waals surface area contributed by atoms with E-state index in [1.165, 1.54) is 0 Å². The van der Waals surface area contributed by atoms with Crippen LogP contribution in [0.2, 0.25) is 0 Å². The van der Waals surface area contributed by atoms with Crippen LogP contribution in [0.15, 0.2) is 6.07 Å². The lowest BCUT2D eigenvalue weighted by Gasteiger charge is -2.37. The number of halogens is 2. The number of anilines is 2. The highest BCUT2D eigenvalue weighted by atomic mass is 19.1. The summed E-state index contributed by atoms with van der Waals surface area (Å²) < 4.78 is 33.2. The standard InChI is InChI=1S/C15H23F2N3O/c1-4-6-18-14-11(16)8-12(17)15(19-14)20-7-5-10(2)13(9-20)21-3/h8,10,13H,4-7,9H2,1-3H3,(H,18,19). The number of methoxy groups -OCH3 is 1. The van der Waals surface area contributed by atoms with Crippen LogP contribution in [0, 0.1) is 17.6 Å². The molecule has 1 aliphatic rings. The molecule has 0 aromatic carbocycles. The Kier molecular flexibility index (Phi) is 5.33. The fraction of sp³-hybridized carbons (Fsp3) is 0.667. The van der Waals surface area contributed by atoms with E-state index >= 15 is 0 Å². The maximum absolute atomic E-state index is 14.1. The van der Waals surface area contributed by atoms with Gasteiger partial charge in [0.2, 0.25) is 0 Å². The first-order valence-corrected chi connectivity index (χ1v) is 7.44. The summed E-state index contributed by atoms with van der Waals surface area (Å²) in [5.41, 5.74) is 0. The van der Waals surface area contributed by atoms with Gasteiger partial charge in [-0.3, -0.25) is 0 Å². The number of rotatable bonds is 5. The predicted molar refractivity (Wildman–Crippen MR) is 79.7 cm³/mol. The highest BCUT2D eigenvalue weighted by Crippen LogP contribution is 2.27. The molecule has 1 N–H and O–H groups in total. The summed E-state index contributed by atoms with van der Waals surface area (Å²) in [5, 5.41) is 2.89. The van der Waals surface area contributed by atoms with E-state index in [-0.39, 0.29) is 17.7 Å². The van der Waals surface area contributed by atoms with Crippen molar-refractivity contribution >= 4 is 11.6 Å². The van der Waals surface area contributed by atoms with Crippen molar-refractivity contribution < 1.29 is 13.5 Å². The van der Waals surface area contributed by atoms with Gasteiger partial charge in [0.1, 0.15) is 0 Å². The molecule has 2 atom stereocenters. The predicted octanol–water partition coefficient (Wildman–Crippen LogP) is 3.04. The van der Waals surface area contributed by atoms with Crippen molar-refractivity contribution in [3.05, 3.63) is 17.7 Å². The monoisotopic (exact) mass is 299 g/mol. The number of hydrogen-bond donors (Lipinski definition) is 1. The highest BCUT2D eigenvalue weighted by Gasteiger charge is 2.28. The summed E-state index contributed by atoms with van der Waals surface area (Å²) in [4.78, 5) is 5.97. The molecule has 0 spiro atoms. The van der Waals surface area contributed by atoms with E-state index in [9.17, 15) is 8.78 Å². The third kappa shape index (κ3) is 3.61. The molecule has 0 saturated carbocycles. The number of ether oxygens (including phenoxy) is 1. The average Bonchev–Trinajstić information content (AvgIpc) is 2.47. The molecule has 2 unspecified atom stereocenters. The van der Waals surface area contributed by atoms with E-state index in [1.54, 1.807) is 7.11 Å². The molecule has 1 aromatic heterocycles. The van der Waals surface area contributed by atoms with E-state index in [1.807, 2.05) is 11.8 Å². The van der Waals surface area contributed by atoms with Gasteiger partial charge in [-0.25, -0.2) is 13.8 Å². The fourth-order valence-corrected chi connectivity index (χ4v) is 2.58. The van der Waals surface area contributed by atoms with Crippen LogP contribution in [0.4, 0.5) is 20.4 Å². The topological polar surface area (TPSA) is 37.4 Å². The first-order chi connectivity index (χ1) is 10.1. The lowest BCUT2D eigenvalue weighted by Crippen LogP contribution is -2.44. The molecule has 2 heterocycles. The smallest absolute Gasteiger partial charge is 0.168 e. The molecule has 1 aromatic rings. The summed E-state index contributed by atoms with van der Waals surface area (Å²) in [6.07, 6.45) is 1.78. The first-order valence-electron chi connectivity index (χ1n) is 7.44. The van der Waals surface area contributed by atoms with E-state index in [2.05, 4.69) is 17.2 Å². The molecular formula is C15H23F2N3O. The highest BCUT2D eigenvalue weighted by molar-refractivity contribution is 5.49. The molecule has 21 heavy (non-hydrogen) atoms. The molecule has 118 valence electrons. The Bertz CT molecular complexity index is 484. The van der Waals surface area contributed by atoms with Crippen LogP contribution in [0.1, 0.15) is 26.7 Å². The summed E-state index contributed by atoms with van der Waals surface area (Å²) in [5.74, 6) is -0.547. The van der Waals surface area contributed by atoms with E-state index in [0.717, 1.165) is 18.9 Å². The van der Waals surface area contributed by atoms with Crippen molar-refractivity contribution in [3.8, 4) is 0 Å². The number of aromatic nitrogens is 1. The van der Waals surface area contributed by atoms with Crippen LogP contribution >= 0.6 is 0 Å². The van der Waals surface area contributed by atoms with Gasteiger partial charge in [0.05, 0.1) is 6.10 Å². The second-order valence-electron chi connectivity index (χ2n) is 5.54. The molecule has 1 saturated heterocycles. The maximum atomic E-state index is 14.1. The summed E-state index contributed by atoms with van der Waals surface area (Å²) in [6.45, 7) is 5.97. The molecule has 6 heteroatoms. The Morgan fingerprint density at radius 1 is 1.43 bits per heavy atom. The minimum Gasteiger partial charge on any atom is -0.379 e. The van der Waals surface area contributed by atoms with E-state index in [0.29, 0.717) is 25.6 Å². The van der Waals surface area contributed by atoms with Crippen molar-refractivity contribution in [2.24, 2.45) is 5.92 Å². The van der Waals surface area contributed by atoms with Crippen LogP contribution in [-0.2, 0) is 4.74 Å². The summed E-state index contributed by atoms with van der Waals surface area (Å²) >= 11 is 0. The van der Waals surface area contributed by atoms with Crippen molar-refractivity contribution in [3.63, 3.8) is 0 Å². The zero-order chi connectivity index (χ0) is 15.4. The van der Waals surface area contributed by atoms with Gasteiger partial charge in [-0.05, 0) is 18.8 Å². The Balaban J connectivity index is 2.22. The number of pyridine rings is 1. The van der Waals surface area contributed by atoms with Crippen LogP contribution in [0.5, 0.6) is 0 Å². The largest absolute Gasteiger partial charge is 0.379 e. The molecule has 1 aliphatic heterocycles. The van der Waals surface area contributed by atoms with Crippen molar-refractivity contribution in [2.45, 2.75) is 32.8 Å². The SMILES string of the molecule is CCCNc1nc(N2CCC(C)C(OC)C2)c(F)cc1F. The molecule has 1 fully saturated rings. The van der Waals surface area contributed by atoms with Crippen molar-refractivity contribution in [1.82, 2.24) is 4.98 Å². The Hall–Kier alpha value is -1.43. The minimum atomic E-state index is -0.654. The number of hydrogen-bond acceptors (Lipinski definition) is 4. The number of nitrogens with one attached hydrogen (secondary N) is 1. The van der Waals surface area contributed by atoms with E-state index < -0.39 is 11.6 Å². The fourth-order valence-electron chi connectivity index (χ4n) is 2.58. The van der Waals surface area contributed by atoms with Gasteiger partial charge < -0.3 is 15.0 Å². The van der Waals surface area contributed by atoms with Gasteiger partial charge in [0, 0.05) is 32.8 Å². The summed E-state index contributed by atoms with van der Waals surface area (Å²) in [6, 6.07) is 0.903. The number of piperidine rings is 1. The van der Waals surface area contributed by atoms with Gasteiger partial charge in [0.25, 0.3) is 0 Å². The van der Waals surface area contributed by atoms with Crippen molar-refractivity contribution in [2.75, 3.05) is 37.0 Å². The molecule has 0 amide bonds. The Morgan fingerprint density at radius 3 is 2.86 bits per heavy atom. The second-order valence-corrected chi connectivity index (χ2v) is 5.54. The van der Waals surface area contributed by atoms with Gasteiger partial charge in [0.15, 0.2) is 23.3 Å². The van der Waals surface area contributed by atoms with Gasteiger partial charge in [-0.2, -0.15) is 0 Å². The Morgan fingerprint density at radius 2 is 2.19 bits per heavy atom. The van der Waals surface area contributed by atoms with Crippen LogP contribution < -0.4 is 10.2 Å². The lowest BCUT2D eigenvalue weighted by atomic mass is 9.96. The third-order valence-corrected chi connectivity index (χ3v) is 3.95. The zero-order valence-corrected chi connectivity index (χ0v) is 12.8. The van der Waals surface area contributed by atoms with Crippen LogP contribution in [0.25, 0.3) is 0 Å². The summed E-state index contributed by atoms with van der Waals surface area (Å²) in [7, 11) is 1.66. The van der Waals surface area contributed by atoms with Crippen LogP contribution in [-0.4, -0.2) is 37.8 Å². The quantitative estimate of drug-likeness (QED) is 0.907. The molecular weight excluding hydrogens is 276 g/mol. The van der Waals surface area contributed by atoms with Crippen molar-refractivity contribution in [1.29, 1.82) is 0 Å². The van der Waals surface area contributed by atoms with E-state index in [4.69, 9.17) is 4.74 Å². The number of nitrogens with zero attached hydrogens (tertiary/aromatic N) is 2. The molecule has 2 rings (SSSR count). The average molecular weight is 299 g/mol. The minimum absolute atomic E-state index is 0.0389. The van der Waals surface area contributed by atoms with Gasteiger partial charge >= 0.3 is 0 Å². The third-order valence-electron chi connectivity index (χ3n) is 3.95. The Labute approximate surface area is 124 Å². The molecule has 0 aliphatic carbocycles. The molecule has 0 radical (unpaired) electrons. The first kappa shape index (κ1) is 15.9. The van der Waals surface area contributed by atoms with Gasteiger partial charge in [-0.1, -0.05) is 13.8 Å². The second kappa shape index (κ2) is 7.02.